The summed E-state index contributed by atoms with van der Waals surface area (Å²) in [4.78, 5) is 22.8. The highest BCUT2D eigenvalue weighted by molar-refractivity contribution is 7.93. The third kappa shape index (κ3) is 9.24. The standard InChI is InChI=1S/C41H39ClF5N5O5S2/c1-40(2,59(56,57)30-8-9-30)14-13-28-7-10-31(32-11-12-33(42)36-34(22-58(4,54)55)50-51(3)38(32)36)37(48-28)25(15-23-16-26(43)19-27(44)17-23)18-29(53)20-52-21-35(41(45,46)47)49-39(52)24-5-6-24/h7,10-12,16-17,19,21,24-25,30H,5-6,8-9,15,18,20,22H2,1-4H3/t25-/m1/s1. The van der Waals surface area contributed by atoms with Gasteiger partial charge in [-0.25, -0.2) is 35.6 Å². The lowest BCUT2D eigenvalue weighted by atomic mass is 9.86. The number of nitrogens with zero attached hydrogens (tertiary/aromatic N) is 5. The molecule has 1 atom stereocenters. The van der Waals surface area contributed by atoms with Crippen molar-refractivity contribution in [2.45, 2.75) is 92.7 Å². The van der Waals surface area contributed by atoms with Gasteiger partial charge in [-0.3, -0.25) is 9.48 Å². The Bertz CT molecular complexity index is 2780. The molecule has 0 radical (unpaired) electrons. The molecule has 2 aromatic carbocycles. The highest BCUT2D eigenvalue weighted by Gasteiger charge is 2.45. The van der Waals surface area contributed by atoms with E-state index in [-0.39, 0.29) is 52.3 Å². The molecule has 2 aliphatic rings. The third-order valence-corrected chi connectivity index (χ3v) is 14.4. The second-order valence-corrected chi connectivity index (χ2v) is 21.2. The van der Waals surface area contributed by atoms with Crippen LogP contribution in [0.25, 0.3) is 22.0 Å². The first-order valence-electron chi connectivity index (χ1n) is 18.7. The van der Waals surface area contributed by atoms with Crippen molar-refractivity contribution >= 4 is 48.0 Å². The summed E-state index contributed by atoms with van der Waals surface area (Å²) >= 11 is 6.67. The van der Waals surface area contributed by atoms with E-state index in [0.717, 1.165) is 24.6 Å². The number of hydrogen-bond donors (Lipinski definition) is 0. The van der Waals surface area contributed by atoms with E-state index in [1.54, 1.807) is 31.3 Å². The Kier molecular flexibility index (Phi) is 11.1. The van der Waals surface area contributed by atoms with Crippen LogP contribution in [-0.2, 0) is 56.4 Å². The fourth-order valence-electron chi connectivity index (χ4n) is 7.36. The van der Waals surface area contributed by atoms with Crippen LogP contribution in [0.2, 0.25) is 5.02 Å². The molecule has 3 heterocycles. The van der Waals surface area contributed by atoms with Gasteiger partial charge in [0.15, 0.2) is 31.2 Å². The van der Waals surface area contributed by atoms with Gasteiger partial charge in [-0.15, -0.1) is 0 Å². The summed E-state index contributed by atoms with van der Waals surface area (Å²) in [6.45, 7) is 2.52. The van der Waals surface area contributed by atoms with E-state index in [0.29, 0.717) is 53.8 Å². The van der Waals surface area contributed by atoms with Crippen LogP contribution in [0, 0.1) is 23.5 Å². The first-order chi connectivity index (χ1) is 27.5. The Balaban J connectivity index is 1.40. The topological polar surface area (TPSA) is 134 Å². The number of aromatic nitrogens is 5. The maximum atomic E-state index is 14.7. The molecular formula is C41H39ClF5N5O5S2. The van der Waals surface area contributed by atoms with E-state index < -0.39 is 77.2 Å². The van der Waals surface area contributed by atoms with Crippen LogP contribution in [0.5, 0.6) is 0 Å². The third-order valence-electron chi connectivity index (χ3n) is 10.4. The summed E-state index contributed by atoms with van der Waals surface area (Å²) < 4.78 is 123. The van der Waals surface area contributed by atoms with E-state index in [4.69, 9.17) is 16.6 Å². The molecule has 5 aromatic rings. The predicted molar refractivity (Wildman–Crippen MR) is 212 cm³/mol. The van der Waals surface area contributed by atoms with Crippen LogP contribution >= 0.6 is 11.6 Å². The molecule has 10 nitrogen and oxygen atoms in total. The quantitative estimate of drug-likeness (QED) is 0.0862. The lowest BCUT2D eigenvalue weighted by Crippen LogP contribution is -2.33. The number of alkyl halides is 3. The number of rotatable bonds is 13. The summed E-state index contributed by atoms with van der Waals surface area (Å²) in [7, 11) is -5.60. The van der Waals surface area contributed by atoms with Gasteiger partial charge in [0.25, 0.3) is 0 Å². The van der Waals surface area contributed by atoms with Crippen molar-refractivity contribution < 1.29 is 43.6 Å². The molecule has 0 amide bonds. The minimum atomic E-state index is -4.74. The molecule has 2 fully saturated rings. The van der Waals surface area contributed by atoms with E-state index >= 15 is 0 Å². The highest BCUT2D eigenvalue weighted by Crippen LogP contribution is 2.43. The van der Waals surface area contributed by atoms with Gasteiger partial charge in [0.2, 0.25) is 0 Å². The summed E-state index contributed by atoms with van der Waals surface area (Å²) in [6.07, 6.45) is -1.12. The molecule has 2 saturated carbocycles. The van der Waals surface area contributed by atoms with Gasteiger partial charge in [0.05, 0.1) is 39.5 Å². The minimum absolute atomic E-state index is 0.110. The summed E-state index contributed by atoms with van der Waals surface area (Å²) in [5, 5.41) is 4.52. The van der Waals surface area contributed by atoms with Crippen molar-refractivity contribution in [3.05, 3.63) is 99.5 Å². The number of sulfone groups is 2. The van der Waals surface area contributed by atoms with E-state index in [2.05, 4.69) is 21.9 Å². The van der Waals surface area contributed by atoms with Crippen LogP contribution < -0.4 is 0 Å². The largest absolute Gasteiger partial charge is 0.434 e. The van der Waals surface area contributed by atoms with Crippen LogP contribution in [-0.4, -0.2) is 63.2 Å². The second kappa shape index (κ2) is 15.4. The molecule has 3 aromatic heterocycles. The van der Waals surface area contributed by atoms with Crippen molar-refractivity contribution in [3.8, 4) is 23.0 Å². The van der Waals surface area contributed by atoms with E-state index in [1.807, 2.05) is 0 Å². The Labute approximate surface area is 343 Å². The molecule has 0 saturated heterocycles. The van der Waals surface area contributed by atoms with E-state index in [1.165, 1.54) is 23.1 Å². The van der Waals surface area contributed by atoms with Crippen molar-refractivity contribution in [3.63, 3.8) is 0 Å². The maximum Gasteiger partial charge on any atom is 0.434 e. The van der Waals surface area contributed by atoms with Crippen molar-refractivity contribution in [1.29, 1.82) is 0 Å². The number of benzene rings is 2. The van der Waals surface area contributed by atoms with Crippen molar-refractivity contribution in [2.75, 3.05) is 6.26 Å². The van der Waals surface area contributed by atoms with Crippen LogP contribution in [0.3, 0.4) is 0 Å². The van der Waals surface area contributed by atoms with Crippen LogP contribution in [0.4, 0.5) is 22.0 Å². The number of pyridine rings is 1. The van der Waals surface area contributed by atoms with Crippen molar-refractivity contribution in [1.82, 2.24) is 24.3 Å². The number of carbonyl (C=O) groups is 1. The summed E-state index contributed by atoms with van der Waals surface area (Å²) in [6, 6.07) is 9.29. The van der Waals surface area contributed by atoms with Gasteiger partial charge >= 0.3 is 6.18 Å². The molecule has 7 rings (SSSR count). The van der Waals surface area contributed by atoms with Gasteiger partial charge in [-0.1, -0.05) is 23.6 Å². The Hall–Kier alpha value is -4.66. The Morgan fingerprint density at radius 2 is 1.63 bits per heavy atom. The molecule has 18 heteroatoms. The monoisotopic (exact) mass is 875 g/mol. The van der Waals surface area contributed by atoms with Gasteiger partial charge < -0.3 is 4.57 Å². The lowest BCUT2D eigenvalue weighted by molar-refractivity contribution is -0.141. The first kappa shape index (κ1) is 42.5. The molecule has 0 spiro atoms. The fraction of sp³-hybridized carbons (Fsp3) is 0.415. The Morgan fingerprint density at radius 3 is 2.24 bits per heavy atom. The number of carbonyl (C=O) groups excluding carboxylic acids is 1. The number of imidazole rings is 1. The minimum Gasteiger partial charge on any atom is -0.327 e. The number of halogens is 6. The van der Waals surface area contributed by atoms with Crippen LogP contribution in [0.15, 0.2) is 48.7 Å². The number of ketones is 1. The lowest BCUT2D eigenvalue weighted by Gasteiger charge is -2.21. The van der Waals surface area contributed by atoms with Gasteiger partial charge in [0, 0.05) is 60.3 Å². The molecule has 2 aliphatic carbocycles. The molecule has 0 unspecified atom stereocenters. The molecule has 0 bridgehead atoms. The number of hydrogen-bond acceptors (Lipinski definition) is 8. The molecular weight excluding hydrogens is 837 g/mol. The normalized spacial score (nSPS) is 15.6. The summed E-state index contributed by atoms with van der Waals surface area (Å²) in [5.41, 5.74) is 0.740. The maximum absolute atomic E-state index is 14.7. The van der Waals surface area contributed by atoms with Gasteiger partial charge in [-0.05, 0) is 87.8 Å². The average Bonchev–Trinajstić information content (AvgIpc) is 4.06. The fourth-order valence-corrected chi connectivity index (χ4v) is 10.1. The zero-order valence-corrected chi connectivity index (χ0v) is 34.8. The highest BCUT2D eigenvalue weighted by atomic mass is 35.5. The first-order valence-corrected chi connectivity index (χ1v) is 22.7. The number of fused-ring (bicyclic) bond motifs is 1. The van der Waals surface area contributed by atoms with Gasteiger partial charge in [0.1, 0.15) is 27.9 Å². The van der Waals surface area contributed by atoms with Gasteiger partial charge in [-0.2, -0.15) is 18.3 Å². The molecule has 0 aliphatic heterocycles. The number of aryl methyl sites for hydroxylation is 1. The summed E-state index contributed by atoms with van der Waals surface area (Å²) in [5.74, 6) is 1.93. The van der Waals surface area contributed by atoms with Crippen molar-refractivity contribution in [2.24, 2.45) is 7.05 Å². The predicted octanol–water partition coefficient (Wildman–Crippen LogP) is 7.90. The van der Waals surface area contributed by atoms with Crippen LogP contribution in [0.1, 0.15) is 92.0 Å². The SMILES string of the molecule is Cn1nc(CS(C)(=O)=O)c2c(Cl)ccc(-c3ccc(C#CC(C)(C)S(=O)(=O)C4CC4)nc3[C@@H](CC(=O)Cn3cc(C(F)(F)F)nc3C3CC3)Cc3cc(F)cc(F)c3)c21. The Morgan fingerprint density at radius 1 is 0.966 bits per heavy atom. The molecule has 59 heavy (non-hydrogen) atoms. The van der Waals surface area contributed by atoms with E-state index in [9.17, 15) is 43.6 Å². The second-order valence-electron chi connectivity index (χ2n) is 15.9. The molecule has 312 valence electrons. The molecule has 0 N–H and O–H groups in total. The zero-order valence-electron chi connectivity index (χ0n) is 32.4. The smallest absolute Gasteiger partial charge is 0.327 e. The number of Topliss-reactive ketones (excluding diaryl/α,β-unsaturated/α-hetero) is 1. The average molecular weight is 876 g/mol. The zero-order chi connectivity index (χ0) is 42.8.